The fourth-order valence-electron chi connectivity index (χ4n) is 2.59. The lowest BCUT2D eigenvalue weighted by atomic mass is 10.0. The minimum Gasteiger partial charge on any atom is -0.491 e. The van der Waals surface area contributed by atoms with Crippen LogP contribution in [-0.2, 0) is 11.2 Å². The molecular formula is C19H21NO4. The number of fused-ring (bicyclic) bond motifs is 1. The van der Waals surface area contributed by atoms with Gasteiger partial charge in [0.25, 0.3) is 0 Å². The summed E-state index contributed by atoms with van der Waals surface area (Å²) in [7, 11) is 0. The largest absolute Gasteiger partial charge is 0.491 e. The summed E-state index contributed by atoms with van der Waals surface area (Å²) >= 11 is 0. The monoisotopic (exact) mass is 327 g/mol. The first-order chi connectivity index (χ1) is 11.6. The Bertz CT molecular complexity index is 729. The van der Waals surface area contributed by atoms with Crippen molar-refractivity contribution in [3.63, 3.8) is 0 Å². The molecule has 0 saturated carbocycles. The number of aliphatic hydroxyl groups is 1. The Hall–Kier alpha value is -2.53. The third-order valence-corrected chi connectivity index (χ3v) is 3.94. The van der Waals surface area contributed by atoms with Crippen LogP contribution < -0.4 is 14.8 Å². The van der Waals surface area contributed by atoms with Crippen LogP contribution in [0.1, 0.15) is 17.5 Å². The third-order valence-electron chi connectivity index (χ3n) is 3.94. The van der Waals surface area contributed by atoms with Crippen molar-refractivity contribution in [2.45, 2.75) is 25.9 Å². The Kier molecular flexibility index (Phi) is 5.01. The maximum atomic E-state index is 11.3. The van der Waals surface area contributed by atoms with E-state index in [4.69, 9.17) is 9.47 Å². The number of hydrogen-bond acceptors (Lipinski definition) is 4. The number of ether oxygens (including phenoxy) is 2. The van der Waals surface area contributed by atoms with Crippen molar-refractivity contribution in [1.82, 2.24) is 0 Å². The summed E-state index contributed by atoms with van der Waals surface area (Å²) < 4.78 is 11.2. The number of aliphatic hydroxyl groups excluding tert-OH is 1. The average Bonchev–Trinajstić information content (AvgIpc) is 2.59. The standard InChI is InChI=1S/C19H21NO4/c1-13-4-2-3-5-18(13)24-12-15(21)11-23-16-7-8-17-14(10-16)6-9-19(22)20-17/h2-5,7-8,10,15,21H,6,9,11-12H2,1H3,(H,20,22). The van der Waals surface area contributed by atoms with Crippen molar-refractivity contribution in [2.75, 3.05) is 18.5 Å². The first kappa shape index (κ1) is 16.3. The quantitative estimate of drug-likeness (QED) is 0.856. The van der Waals surface area contributed by atoms with Gasteiger partial charge < -0.3 is 19.9 Å². The summed E-state index contributed by atoms with van der Waals surface area (Å²) in [5.41, 5.74) is 2.92. The van der Waals surface area contributed by atoms with Crippen molar-refractivity contribution < 1.29 is 19.4 Å². The number of carbonyl (C=O) groups is 1. The molecule has 3 rings (SSSR count). The van der Waals surface area contributed by atoms with Gasteiger partial charge in [0.15, 0.2) is 0 Å². The van der Waals surface area contributed by atoms with E-state index in [0.29, 0.717) is 18.6 Å². The molecule has 1 atom stereocenters. The molecule has 0 bridgehead atoms. The summed E-state index contributed by atoms with van der Waals surface area (Å²) in [5.74, 6) is 1.49. The Labute approximate surface area is 141 Å². The molecule has 5 heteroatoms. The highest BCUT2D eigenvalue weighted by molar-refractivity contribution is 5.93. The number of hydrogen-bond donors (Lipinski definition) is 2. The highest BCUT2D eigenvalue weighted by Crippen LogP contribution is 2.26. The summed E-state index contributed by atoms with van der Waals surface area (Å²) in [6.45, 7) is 2.28. The molecule has 1 amide bonds. The predicted molar refractivity (Wildman–Crippen MR) is 91.6 cm³/mol. The lowest BCUT2D eigenvalue weighted by Gasteiger charge is -2.18. The Morgan fingerprint density at radius 1 is 1.12 bits per heavy atom. The third kappa shape index (κ3) is 4.06. The zero-order valence-corrected chi connectivity index (χ0v) is 13.6. The molecule has 0 aliphatic carbocycles. The van der Waals surface area contributed by atoms with E-state index in [9.17, 15) is 9.90 Å². The van der Waals surface area contributed by atoms with Gasteiger partial charge in [-0.3, -0.25) is 4.79 Å². The summed E-state index contributed by atoms with van der Waals surface area (Å²) in [6.07, 6.45) is 0.473. The molecule has 0 aromatic heterocycles. The topological polar surface area (TPSA) is 67.8 Å². The molecule has 5 nitrogen and oxygen atoms in total. The van der Waals surface area contributed by atoms with E-state index < -0.39 is 6.10 Å². The van der Waals surface area contributed by atoms with Gasteiger partial charge in [0, 0.05) is 12.1 Å². The summed E-state index contributed by atoms with van der Waals surface area (Å²) in [4.78, 5) is 11.3. The second-order valence-electron chi connectivity index (χ2n) is 5.91. The number of benzene rings is 2. The normalized spacial score (nSPS) is 14.5. The maximum Gasteiger partial charge on any atom is 0.224 e. The van der Waals surface area contributed by atoms with Crippen LogP contribution in [0.15, 0.2) is 42.5 Å². The highest BCUT2D eigenvalue weighted by atomic mass is 16.5. The van der Waals surface area contributed by atoms with Gasteiger partial charge in [-0.15, -0.1) is 0 Å². The molecule has 24 heavy (non-hydrogen) atoms. The minimum absolute atomic E-state index is 0.0416. The van der Waals surface area contributed by atoms with Crippen LogP contribution in [0.4, 0.5) is 5.69 Å². The maximum absolute atomic E-state index is 11.3. The molecule has 0 fully saturated rings. The van der Waals surface area contributed by atoms with E-state index in [-0.39, 0.29) is 19.1 Å². The van der Waals surface area contributed by atoms with Crippen LogP contribution in [0.25, 0.3) is 0 Å². The van der Waals surface area contributed by atoms with Gasteiger partial charge >= 0.3 is 0 Å². The highest BCUT2D eigenvalue weighted by Gasteiger charge is 2.15. The first-order valence-electron chi connectivity index (χ1n) is 8.04. The minimum atomic E-state index is -0.722. The van der Waals surface area contributed by atoms with Crippen molar-refractivity contribution in [1.29, 1.82) is 0 Å². The molecule has 1 unspecified atom stereocenters. The molecule has 126 valence electrons. The summed E-state index contributed by atoms with van der Waals surface area (Å²) in [6, 6.07) is 13.2. The number of aryl methyl sites for hydroxylation is 2. The second kappa shape index (κ2) is 7.36. The average molecular weight is 327 g/mol. The van der Waals surface area contributed by atoms with Crippen LogP contribution in [0, 0.1) is 6.92 Å². The van der Waals surface area contributed by atoms with Gasteiger partial charge in [-0.2, -0.15) is 0 Å². The Balaban J connectivity index is 1.50. The molecule has 2 N–H and O–H groups in total. The lowest BCUT2D eigenvalue weighted by molar-refractivity contribution is -0.116. The van der Waals surface area contributed by atoms with Crippen LogP contribution in [0.2, 0.25) is 0 Å². The molecule has 1 aliphatic rings. The Morgan fingerprint density at radius 2 is 1.92 bits per heavy atom. The SMILES string of the molecule is Cc1ccccc1OCC(O)COc1ccc2c(c1)CCC(=O)N2. The first-order valence-corrected chi connectivity index (χ1v) is 8.04. The van der Waals surface area contributed by atoms with Crippen LogP contribution in [0.5, 0.6) is 11.5 Å². The predicted octanol–water partition coefficient (Wildman–Crippen LogP) is 2.70. The zero-order valence-electron chi connectivity index (χ0n) is 13.6. The van der Waals surface area contributed by atoms with Crippen molar-refractivity contribution in [2.24, 2.45) is 0 Å². The van der Waals surface area contributed by atoms with Crippen LogP contribution >= 0.6 is 0 Å². The van der Waals surface area contributed by atoms with E-state index in [1.54, 1.807) is 6.07 Å². The molecule has 2 aromatic rings. The molecule has 2 aromatic carbocycles. The van der Waals surface area contributed by atoms with E-state index >= 15 is 0 Å². The molecule has 1 heterocycles. The fourth-order valence-corrected chi connectivity index (χ4v) is 2.59. The molecule has 1 aliphatic heterocycles. The summed E-state index contributed by atoms with van der Waals surface area (Å²) in [5, 5.41) is 12.9. The van der Waals surface area contributed by atoms with Gasteiger partial charge in [-0.1, -0.05) is 18.2 Å². The lowest BCUT2D eigenvalue weighted by Crippen LogP contribution is -2.25. The van der Waals surface area contributed by atoms with Gasteiger partial charge in [0.1, 0.15) is 30.8 Å². The van der Waals surface area contributed by atoms with E-state index in [2.05, 4.69) is 5.32 Å². The second-order valence-corrected chi connectivity index (χ2v) is 5.91. The van der Waals surface area contributed by atoms with Gasteiger partial charge in [0.2, 0.25) is 5.91 Å². The van der Waals surface area contributed by atoms with Crippen molar-refractivity contribution in [3.05, 3.63) is 53.6 Å². The number of amides is 1. The number of para-hydroxylation sites is 1. The molecular weight excluding hydrogens is 306 g/mol. The fraction of sp³-hybridized carbons (Fsp3) is 0.316. The number of anilines is 1. The smallest absolute Gasteiger partial charge is 0.224 e. The van der Waals surface area contributed by atoms with E-state index in [1.807, 2.05) is 43.3 Å². The van der Waals surface area contributed by atoms with Crippen molar-refractivity contribution in [3.8, 4) is 11.5 Å². The molecule has 0 radical (unpaired) electrons. The number of carbonyl (C=O) groups excluding carboxylic acids is 1. The number of rotatable bonds is 6. The molecule has 0 spiro atoms. The zero-order chi connectivity index (χ0) is 16.9. The molecule has 0 saturated heterocycles. The van der Waals surface area contributed by atoms with Gasteiger partial charge in [-0.25, -0.2) is 0 Å². The van der Waals surface area contributed by atoms with Crippen LogP contribution in [-0.4, -0.2) is 30.3 Å². The Morgan fingerprint density at radius 3 is 2.75 bits per heavy atom. The van der Waals surface area contributed by atoms with Gasteiger partial charge in [0.05, 0.1) is 0 Å². The van der Waals surface area contributed by atoms with Crippen molar-refractivity contribution >= 4 is 11.6 Å². The van der Waals surface area contributed by atoms with Crippen LogP contribution in [0.3, 0.4) is 0 Å². The number of nitrogens with one attached hydrogen (secondary N) is 1. The van der Waals surface area contributed by atoms with E-state index in [1.165, 1.54) is 0 Å². The van der Waals surface area contributed by atoms with Gasteiger partial charge in [-0.05, 0) is 48.7 Å². The van der Waals surface area contributed by atoms with E-state index in [0.717, 1.165) is 22.6 Å².